The number of carbonyl (C=O) groups is 1. The van der Waals surface area contributed by atoms with Crippen LogP contribution in [0.25, 0.3) is 6.08 Å². The molecule has 2 aromatic rings. The fourth-order valence-electron chi connectivity index (χ4n) is 3.23. The number of halogens is 1. The highest BCUT2D eigenvalue weighted by Gasteiger charge is 2.14. The molecule has 2 nitrogen and oxygen atoms in total. The van der Waals surface area contributed by atoms with E-state index in [1.54, 1.807) is 0 Å². The Morgan fingerprint density at radius 2 is 1.68 bits per heavy atom. The van der Waals surface area contributed by atoms with Crippen molar-refractivity contribution in [2.24, 2.45) is 0 Å². The second-order valence-electron chi connectivity index (χ2n) is 6.59. The van der Waals surface area contributed by atoms with E-state index < -0.39 is 0 Å². The molecule has 1 saturated heterocycles. The molecule has 3 heteroatoms. The summed E-state index contributed by atoms with van der Waals surface area (Å²) in [6.07, 6.45) is 5.78. The molecule has 3 rings (SSSR count). The molecule has 0 radical (unpaired) electrons. The highest BCUT2D eigenvalue weighted by Crippen LogP contribution is 2.20. The molecule has 1 aliphatic heterocycles. The lowest BCUT2D eigenvalue weighted by molar-refractivity contribution is 0.0974. The van der Waals surface area contributed by atoms with E-state index in [9.17, 15) is 9.18 Å². The van der Waals surface area contributed by atoms with Crippen LogP contribution in [0, 0.1) is 5.82 Å². The van der Waals surface area contributed by atoms with Crippen molar-refractivity contribution in [3.05, 3.63) is 77.1 Å². The summed E-state index contributed by atoms with van der Waals surface area (Å²) in [5, 5.41) is 0. The third kappa shape index (κ3) is 5.36. The molecule has 2 aromatic carbocycles. The number of rotatable bonds is 6. The van der Waals surface area contributed by atoms with E-state index in [-0.39, 0.29) is 11.6 Å². The van der Waals surface area contributed by atoms with Crippen molar-refractivity contribution >= 4 is 11.9 Å². The summed E-state index contributed by atoms with van der Waals surface area (Å²) in [7, 11) is 0. The molecule has 0 N–H and O–H groups in total. The number of Topliss-reactive ketones (excluding diaryl/α,β-unsaturated/α-hetero) is 1. The second-order valence-corrected chi connectivity index (χ2v) is 6.59. The number of piperidine rings is 1. The van der Waals surface area contributed by atoms with Crippen LogP contribution in [0.2, 0.25) is 0 Å². The first kappa shape index (κ1) is 17.6. The van der Waals surface area contributed by atoms with Crippen molar-refractivity contribution in [2.45, 2.75) is 25.7 Å². The van der Waals surface area contributed by atoms with Gasteiger partial charge in [-0.1, -0.05) is 54.1 Å². The van der Waals surface area contributed by atoms with Gasteiger partial charge in [0.05, 0.1) is 0 Å². The van der Waals surface area contributed by atoms with E-state index in [1.165, 1.54) is 17.7 Å². The minimum absolute atomic E-state index is 0.193. The maximum atomic E-state index is 12.9. The van der Waals surface area contributed by atoms with Crippen LogP contribution >= 0.6 is 0 Å². The average molecular weight is 337 g/mol. The van der Waals surface area contributed by atoms with Gasteiger partial charge in [0.15, 0.2) is 5.78 Å². The molecule has 1 aliphatic rings. The van der Waals surface area contributed by atoms with E-state index in [1.807, 2.05) is 42.5 Å². The summed E-state index contributed by atoms with van der Waals surface area (Å²) >= 11 is 0. The van der Waals surface area contributed by atoms with E-state index >= 15 is 0 Å². The van der Waals surface area contributed by atoms with Gasteiger partial charge >= 0.3 is 0 Å². The van der Waals surface area contributed by atoms with Gasteiger partial charge in [-0.25, -0.2) is 4.39 Å². The Bertz CT molecular complexity index is 711. The standard InChI is InChI=1S/C22H24FNO/c23-21-10-8-18(9-11-21)17-19-12-15-24(16-13-19)14-4-7-22(25)20-5-2-1-3-6-20/h1-3,5-6,8-11,17H,4,7,12-16H2. The zero-order valence-corrected chi connectivity index (χ0v) is 14.5. The molecule has 1 heterocycles. The number of benzene rings is 2. The summed E-state index contributed by atoms with van der Waals surface area (Å²) in [5.41, 5.74) is 3.30. The van der Waals surface area contributed by atoms with E-state index in [0.717, 1.165) is 50.0 Å². The Labute approximate surface area is 149 Å². The van der Waals surface area contributed by atoms with Crippen molar-refractivity contribution in [2.75, 3.05) is 19.6 Å². The number of likely N-dealkylation sites (tertiary alicyclic amines) is 1. The van der Waals surface area contributed by atoms with Gasteiger partial charge < -0.3 is 4.90 Å². The van der Waals surface area contributed by atoms with E-state index in [0.29, 0.717) is 6.42 Å². The molecule has 1 fully saturated rings. The summed E-state index contributed by atoms with van der Waals surface area (Å²) in [5.74, 6) is 0.0384. The van der Waals surface area contributed by atoms with Gasteiger partial charge in [0.1, 0.15) is 5.82 Å². The smallest absolute Gasteiger partial charge is 0.162 e. The van der Waals surface area contributed by atoms with Crippen LogP contribution in [0.3, 0.4) is 0 Å². The highest BCUT2D eigenvalue weighted by molar-refractivity contribution is 5.95. The molecule has 130 valence electrons. The summed E-state index contributed by atoms with van der Waals surface area (Å²) in [6, 6.07) is 16.2. The van der Waals surface area contributed by atoms with Gasteiger partial charge in [-0.05, 0) is 43.5 Å². The molecular weight excluding hydrogens is 313 g/mol. The van der Waals surface area contributed by atoms with Crippen LogP contribution < -0.4 is 0 Å². The quantitative estimate of drug-likeness (QED) is 0.694. The maximum Gasteiger partial charge on any atom is 0.162 e. The Hall–Kier alpha value is -2.26. The van der Waals surface area contributed by atoms with Crippen LogP contribution in [0.15, 0.2) is 60.2 Å². The first-order chi connectivity index (χ1) is 12.2. The monoisotopic (exact) mass is 337 g/mol. The molecular formula is C22H24FNO. The Balaban J connectivity index is 1.41. The Morgan fingerprint density at radius 3 is 2.36 bits per heavy atom. The zero-order chi connectivity index (χ0) is 17.5. The summed E-state index contributed by atoms with van der Waals surface area (Å²) in [6.45, 7) is 3.04. The third-order valence-corrected chi connectivity index (χ3v) is 4.71. The van der Waals surface area contributed by atoms with Crippen LogP contribution in [-0.4, -0.2) is 30.3 Å². The van der Waals surface area contributed by atoms with Gasteiger partial charge in [-0.3, -0.25) is 4.79 Å². The average Bonchev–Trinajstić information content (AvgIpc) is 2.66. The normalized spacial score (nSPS) is 15.2. The topological polar surface area (TPSA) is 20.3 Å². The highest BCUT2D eigenvalue weighted by atomic mass is 19.1. The molecule has 0 aliphatic carbocycles. The van der Waals surface area contributed by atoms with Crippen molar-refractivity contribution in [1.29, 1.82) is 0 Å². The predicted octanol–water partition coefficient (Wildman–Crippen LogP) is 4.97. The predicted molar refractivity (Wildman–Crippen MR) is 100 cm³/mol. The number of hydrogen-bond acceptors (Lipinski definition) is 2. The zero-order valence-electron chi connectivity index (χ0n) is 14.5. The lowest BCUT2D eigenvalue weighted by Crippen LogP contribution is -2.31. The van der Waals surface area contributed by atoms with E-state index in [4.69, 9.17) is 0 Å². The summed E-state index contributed by atoms with van der Waals surface area (Å²) in [4.78, 5) is 14.5. The number of hydrogen-bond donors (Lipinski definition) is 0. The van der Waals surface area contributed by atoms with Crippen LogP contribution in [-0.2, 0) is 0 Å². The minimum atomic E-state index is -0.193. The van der Waals surface area contributed by atoms with Gasteiger partial charge in [0.25, 0.3) is 0 Å². The molecule has 25 heavy (non-hydrogen) atoms. The molecule has 0 aromatic heterocycles. The molecule has 0 atom stereocenters. The Kier molecular flexibility index (Phi) is 6.13. The largest absolute Gasteiger partial charge is 0.303 e. The molecule has 0 unspecified atom stereocenters. The van der Waals surface area contributed by atoms with Crippen molar-refractivity contribution in [3.63, 3.8) is 0 Å². The minimum Gasteiger partial charge on any atom is -0.303 e. The SMILES string of the molecule is O=C(CCCN1CCC(=Cc2ccc(F)cc2)CC1)c1ccccc1. The van der Waals surface area contributed by atoms with Gasteiger partial charge in [-0.2, -0.15) is 0 Å². The molecule has 0 spiro atoms. The van der Waals surface area contributed by atoms with Gasteiger partial charge in [0.2, 0.25) is 0 Å². The molecule has 0 bridgehead atoms. The number of nitrogens with zero attached hydrogens (tertiary/aromatic N) is 1. The van der Waals surface area contributed by atoms with Crippen LogP contribution in [0.4, 0.5) is 4.39 Å². The number of ketones is 1. The van der Waals surface area contributed by atoms with Crippen LogP contribution in [0.1, 0.15) is 41.6 Å². The maximum absolute atomic E-state index is 12.9. The number of carbonyl (C=O) groups excluding carboxylic acids is 1. The van der Waals surface area contributed by atoms with Crippen molar-refractivity contribution < 1.29 is 9.18 Å². The first-order valence-electron chi connectivity index (χ1n) is 8.96. The van der Waals surface area contributed by atoms with Crippen LogP contribution in [0.5, 0.6) is 0 Å². The fourth-order valence-corrected chi connectivity index (χ4v) is 3.23. The third-order valence-electron chi connectivity index (χ3n) is 4.71. The Morgan fingerprint density at radius 1 is 1.00 bits per heavy atom. The second kappa shape index (κ2) is 8.72. The molecule has 0 saturated carbocycles. The van der Waals surface area contributed by atoms with Crippen molar-refractivity contribution in [3.8, 4) is 0 Å². The van der Waals surface area contributed by atoms with Gasteiger partial charge in [0, 0.05) is 25.1 Å². The lowest BCUT2D eigenvalue weighted by Gasteiger charge is -2.28. The lowest BCUT2D eigenvalue weighted by atomic mass is 10.0. The van der Waals surface area contributed by atoms with Gasteiger partial charge in [-0.15, -0.1) is 0 Å². The fraction of sp³-hybridized carbons (Fsp3) is 0.318. The van der Waals surface area contributed by atoms with E-state index in [2.05, 4.69) is 11.0 Å². The first-order valence-corrected chi connectivity index (χ1v) is 8.96. The molecule has 0 amide bonds. The van der Waals surface area contributed by atoms with Crippen molar-refractivity contribution in [1.82, 2.24) is 4.90 Å². The summed E-state index contributed by atoms with van der Waals surface area (Å²) < 4.78 is 12.9.